The fourth-order valence-electron chi connectivity index (χ4n) is 3.11. The quantitative estimate of drug-likeness (QED) is 0.432. The van der Waals surface area contributed by atoms with Crippen molar-refractivity contribution in [2.24, 2.45) is 0 Å². The lowest BCUT2D eigenvalue weighted by atomic mass is 10.00. The summed E-state index contributed by atoms with van der Waals surface area (Å²) in [4.78, 5) is 27.7. The lowest BCUT2D eigenvalue weighted by molar-refractivity contribution is -0.140. The van der Waals surface area contributed by atoms with E-state index < -0.39 is 17.7 Å². The minimum absolute atomic E-state index is 0.107. The van der Waals surface area contributed by atoms with Gasteiger partial charge in [0.15, 0.2) is 0 Å². The predicted octanol–water partition coefficient (Wildman–Crippen LogP) is 3.96. The van der Waals surface area contributed by atoms with E-state index in [1.807, 2.05) is 23.6 Å². The van der Waals surface area contributed by atoms with Crippen LogP contribution in [0.3, 0.4) is 0 Å². The van der Waals surface area contributed by atoms with Gasteiger partial charge in [-0.15, -0.1) is 11.3 Å². The third-order valence-electron chi connectivity index (χ3n) is 4.31. The fraction of sp³-hybridized carbons (Fsp3) is 0.100. The van der Waals surface area contributed by atoms with Crippen LogP contribution in [0.4, 0.5) is 0 Å². The van der Waals surface area contributed by atoms with Crippen LogP contribution in [0.25, 0.3) is 5.76 Å². The molecule has 0 radical (unpaired) electrons. The Bertz CT molecular complexity index is 959. The summed E-state index contributed by atoms with van der Waals surface area (Å²) in [5, 5.41) is 12.7. The van der Waals surface area contributed by atoms with Gasteiger partial charge < -0.3 is 14.4 Å². The molecule has 3 heterocycles. The number of aliphatic hydroxyl groups excluding tert-OH is 1. The summed E-state index contributed by atoms with van der Waals surface area (Å²) in [6.07, 6.45) is 1.52. The molecule has 1 aliphatic rings. The first-order valence-electron chi connectivity index (χ1n) is 8.06. The summed E-state index contributed by atoms with van der Waals surface area (Å²) in [5.74, 6) is -0.911. The highest BCUT2D eigenvalue weighted by molar-refractivity contribution is 7.10. The van der Waals surface area contributed by atoms with Crippen LogP contribution in [0.1, 0.15) is 22.2 Å². The number of likely N-dealkylation sites (tertiary alicyclic amines) is 1. The third kappa shape index (κ3) is 2.74. The van der Waals surface area contributed by atoms with E-state index in [1.165, 1.54) is 22.5 Å². The summed E-state index contributed by atoms with van der Waals surface area (Å²) in [5.41, 5.74) is 0.611. The zero-order valence-electron chi connectivity index (χ0n) is 13.7. The van der Waals surface area contributed by atoms with Crippen molar-refractivity contribution in [2.45, 2.75) is 12.6 Å². The molecule has 6 heteroatoms. The Labute approximate surface area is 153 Å². The molecule has 1 atom stereocenters. The van der Waals surface area contributed by atoms with Gasteiger partial charge in [0.1, 0.15) is 17.6 Å². The Hall–Kier alpha value is -3.12. The molecule has 1 saturated heterocycles. The molecule has 1 aliphatic heterocycles. The lowest BCUT2D eigenvalue weighted by Crippen LogP contribution is -2.28. The van der Waals surface area contributed by atoms with Gasteiger partial charge in [0.2, 0.25) is 0 Å². The van der Waals surface area contributed by atoms with Crippen LogP contribution < -0.4 is 0 Å². The maximum Gasteiger partial charge on any atom is 0.296 e. The number of Topliss-reactive ketones (excluding diaryl/α,β-unsaturated/α-hetero) is 1. The van der Waals surface area contributed by atoms with Gasteiger partial charge in [-0.2, -0.15) is 0 Å². The summed E-state index contributed by atoms with van der Waals surface area (Å²) >= 11 is 1.43. The van der Waals surface area contributed by atoms with E-state index in [-0.39, 0.29) is 17.9 Å². The second-order valence-electron chi connectivity index (χ2n) is 5.89. The zero-order valence-corrected chi connectivity index (χ0v) is 14.5. The molecule has 5 nitrogen and oxygen atoms in total. The SMILES string of the molecule is O=C1C(=O)N(Cc2ccco2)[C@@H](c2cccs2)C1=C(O)c1ccccc1. The molecular weight excluding hydrogens is 350 g/mol. The van der Waals surface area contributed by atoms with Gasteiger partial charge in [-0.3, -0.25) is 9.59 Å². The van der Waals surface area contributed by atoms with Crippen molar-refractivity contribution in [1.29, 1.82) is 0 Å². The van der Waals surface area contributed by atoms with Crippen molar-refractivity contribution in [2.75, 3.05) is 0 Å². The molecule has 0 unspecified atom stereocenters. The first-order chi connectivity index (χ1) is 12.7. The topological polar surface area (TPSA) is 70.8 Å². The minimum atomic E-state index is -0.684. The van der Waals surface area contributed by atoms with Gasteiger partial charge in [-0.1, -0.05) is 36.4 Å². The second-order valence-corrected chi connectivity index (χ2v) is 6.87. The summed E-state index contributed by atoms with van der Waals surface area (Å²) < 4.78 is 5.34. The van der Waals surface area contributed by atoms with Crippen LogP contribution in [-0.2, 0) is 16.1 Å². The van der Waals surface area contributed by atoms with Crippen molar-refractivity contribution < 1.29 is 19.1 Å². The van der Waals surface area contributed by atoms with Crippen molar-refractivity contribution in [1.82, 2.24) is 4.90 Å². The predicted molar refractivity (Wildman–Crippen MR) is 97.3 cm³/mol. The first-order valence-corrected chi connectivity index (χ1v) is 8.94. The standard InChI is InChI=1S/C20H15NO4S/c22-18(13-6-2-1-3-7-13)16-17(15-9-5-11-26-15)21(20(24)19(16)23)12-14-8-4-10-25-14/h1-11,17,22H,12H2/t17-/m0/s1. The van der Waals surface area contributed by atoms with E-state index in [9.17, 15) is 14.7 Å². The number of carbonyl (C=O) groups excluding carboxylic acids is 2. The van der Waals surface area contributed by atoms with Crippen LogP contribution in [0.5, 0.6) is 0 Å². The van der Waals surface area contributed by atoms with Gasteiger partial charge in [-0.25, -0.2) is 0 Å². The second kappa shape index (κ2) is 6.65. The number of furan rings is 1. The van der Waals surface area contributed by atoms with Crippen LogP contribution in [-0.4, -0.2) is 21.7 Å². The van der Waals surface area contributed by atoms with Crippen molar-refractivity contribution in [3.63, 3.8) is 0 Å². The lowest BCUT2D eigenvalue weighted by Gasteiger charge is -2.23. The molecule has 0 bridgehead atoms. The monoisotopic (exact) mass is 365 g/mol. The van der Waals surface area contributed by atoms with E-state index >= 15 is 0 Å². The Balaban J connectivity index is 1.84. The molecule has 1 fully saturated rings. The van der Waals surface area contributed by atoms with Crippen molar-refractivity contribution in [3.8, 4) is 0 Å². The van der Waals surface area contributed by atoms with Crippen LogP contribution in [0, 0.1) is 0 Å². The van der Waals surface area contributed by atoms with Crippen LogP contribution in [0.2, 0.25) is 0 Å². The molecule has 4 rings (SSSR count). The summed E-state index contributed by atoms with van der Waals surface area (Å²) in [7, 11) is 0. The largest absolute Gasteiger partial charge is 0.507 e. The smallest absolute Gasteiger partial charge is 0.296 e. The molecule has 26 heavy (non-hydrogen) atoms. The van der Waals surface area contributed by atoms with Crippen molar-refractivity contribution in [3.05, 3.63) is 88.0 Å². The molecule has 0 spiro atoms. The third-order valence-corrected chi connectivity index (χ3v) is 5.23. The highest BCUT2D eigenvalue weighted by atomic mass is 32.1. The molecular formula is C20H15NO4S. The molecule has 0 aliphatic carbocycles. The van der Waals surface area contributed by atoms with Crippen LogP contribution in [0.15, 0.2) is 76.2 Å². The average molecular weight is 365 g/mol. The van der Waals surface area contributed by atoms with Gasteiger partial charge in [0, 0.05) is 10.4 Å². The maximum absolute atomic E-state index is 12.7. The number of carbonyl (C=O) groups is 2. The van der Waals surface area contributed by atoms with E-state index in [0.29, 0.717) is 11.3 Å². The maximum atomic E-state index is 12.7. The molecule has 3 aromatic rings. The van der Waals surface area contributed by atoms with Crippen LogP contribution >= 0.6 is 11.3 Å². The number of thiophene rings is 1. The normalized spacial score (nSPS) is 19.2. The molecule has 2 aromatic heterocycles. The van der Waals surface area contributed by atoms with Gasteiger partial charge >= 0.3 is 0 Å². The number of aliphatic hydroxyl groups is 1. The number of hydrogen-bond donors (Lipinski definition) is 1. The zero-order chi connectivity index (χ0) is 18.1. The number of benzene rings is 1. The van der Waals surface area contributed by atoms with E-state index in [4.69, 9.17) is 4.42 Å². The number of rotatable bonds is 4. The summed E-state index contributed by atoms with van der Waals surface area (Å²) in [6, 6.07) is 15.3. The van der Waals surface area contributed by atoms with E-state index in [1.54, 1.807) is 36.4 Å². The van der Waals surface area contributed by atoms with Crippen molar-refractivity contribution >= 4 is 28.8 Å². The van der Waals surface area contributed by atoms with Gasteiger partial charge in [0.25, 0.3) is 11.7 Å². The molecule has 1 N–H and O–H groups in total. The molecule has 1 aromatic carbocycles. The van der Waals surface area contributed by atoms with E-state index in [0.717, 1.165) is 4.88 Å². The number of ketones is 1. The number of amides is 1. The highest BCUT2D eigenvalue weighted by Gasteiger charge is 2.46. The Morgan fingerprint density at radius 1 is 1.08 bits per heavy atom. The van der Waals surface area contributed by atoms with Gasteiger partial charge in [-0.05, 0) is 23.6 Å². The first kappa shape index (κ1) is 16.4. The minimum Gasteiger partial charge on any atom is -0.507 e. The number of nitrogens with zero attached hydrogens (tertiary/aromatic N) is 1. The summed E-state index contributed by atoms with van der Waals surface area (Å²) in [6.45, 7) is 0.158. The molecule has 130 valence electrons. The average Bonchev–Trinajstić information content (AvgIpc) is 3.41. The Kier molecular flexibility index (Phi) is 4.18. The van der Waals surface area contributed by atoms with E-state index in [2.05, 4.69) is 0 Å². The Morgan fingerprint density at radius 2 is 1.88 bits per heavy atom. The highest BCUT2D eigenvalue weighted by Crippen LogP contribution is 2.41. The number of hydrogen-bond acceptors (Lipinski definition) is 5. The molecule has 0 saturated carbocycles. The molecule has 1 amide bonds. The van der Waals surface area contributed by atoms with Gasteiger partial charge in [0.05, 0.1) is 18.4 Å². The fourth-order valence-corrected chi connectivity index (χ4v) is 3.95. The Morgan fingerprint density at radius 3 is 2.54 bits per heavy atom.